The van der Waals surface area contributed by atoms with E-state index in [1.54, 1.807) is 11.3 Å². The van der Waals surface area contributed by atoms with Gasteiger partial charge in [0.2, 0.25) is 0 Å². The first-order chi connectivity index (χ1) is 11.8. The second-order valence-corrected chi connectivity index (χ2v) is 7.80. The number of benzene rings is 1. The number of carbonyl (C=O) groups excluding carboxylic acids is 1. The molecule has 1 N–H and O–H groups in total. The Kier molecular flexibility index (Phi) is 4.56. The highest BCUT2D eigenvalue weighted by atomic mass is 32.1. The van der Waals surface area contributed by atoms with Gasteiger partial charge in [0, 0.05) is 35.1 Å². The molecule has 4 rings (SSSR count). The SMILES string of the molecule is O=C(c1csc2c1CCCC2)N1CCC(Nc2ccccc2)CC1. The third-order valence-corrected chi connectivity index (χ3v) is 6.31. The number of fused-ring (bicyclic) bond motifs is 1. The second kappa shape index (κ2) is 6.98. The quantitative estimate of drug-likeness (QED) is 0.901. The van der Waals surface area contributed by atoms with Gasteiger partial charge in [-0.15, -0.1) is 11.3 Å². The standard InChI is InChI=1S/C20H24N2OS/c23-20(18-14-24-19-9-5-4-8-17(18)19)22-12-10-16(11-13-22)21-15-6-2-1-3-7-15/h1-3,6-7,14,16,21H,4-5,8-13H2. The highest BCUT2D eigenvalue weighted by Crippen LogP contribution is 2.31. The average molecular weight is 340 g/mol. The molecule has 1 aromatic carbocycles. The minimum atomic E-state index is 0.257. The minimum absolute atomic E-state index is 0.257. The zero-order chi connectivity index (χ0) is 16.4. The molecule has 1 aromatic heterocycles. The Bertz CT molecular complexity index is 702. The Morgan fingerprint density at radius 3 is 2.62 bits per heavy atom. The maximum atomic E-state index is 12.9. The summed E-state index contributed by atoms with van der Waals surface area (Å²) in [6.07, 6.45) is 6.80. The van der Waals surface area contributed by atoms with Crippen molar-refractivity contribution in [1.82, 2.24) is 4.90 Å². The van der Waals surface area contributed by atoms with Crippen molar-refractivity contribution in [2.24, 2.45) is 0 Å². The van der Waals surface area contributed by atoms with E-state index in [4.69, 9.17) is 0 Å². The van der Waals surface area contributed by atoms with Gasteiger partial charge in [-0.25, -0.2) is 0 Å². The summed E-state index contributed by atoms with van der Waals surface area (Å²) in [5, 5.41) is 5.69. The topological polar surface area (TPSA) is 32.3 Å². The van der Waals surface area contributed by atoms with E-state index >= 15 is 0 Å². The maximum Gasteiger partial charge on any atom is 0.254 e. The highest BCUT2D eigenvalue weighted by molar-refractivity contribution is 7.10. The van der Waals surface area contributed by atoms with Gasteiger partial charge in [-0.1, -0.05) is 18.2 Å². The molecule has 1 saturated heterocycles. The van der Waals surface area contributed by atoms with Gasteiger partial charge >= 0.3 is 0 Å². The molecule has 2 aliphatic rings. The molecule has 1 aliphatic heterocycles. The highest BCUT2D eigenvalue weighted by Gasteiger charge is 2.27. The van der Waals surface area contributed by atoms with Crippen LogP contribution in [0.4, 0.5) is 5.69 Å². The summed E-state index contributed by atoms with van der Waals surface area (Å²) in [6, 6.07) is 10.8. The fourth-order valence-corrected chi connectivity index (χ4v) is 4.96. The van der Waals surface area contributed by atoms with E-state index in [9.17, 15) is 4.79 Å². The molecule has 3 nitrogen and oxygen atoms in total. The second-order valence-electron chi connectivity index (χ2n) is 6.84. The lowest BCUT2D eigenvalue weighted by atomic mass is 9.95. The molecule has 1 aliphatic carbocycles. The number of nitrogens with one attached hydrogen (secondary N) is 1. The summed E-state index contributed by atoms with van der Waals surface area (Å²) < 4.78 is 0. The Labute approximate surface area is 147 Å². The average Bonchev–Trinajstić information content (AvgIpc) is 3.07. The predicted octanol–water partition coefficient (Wildman–Crippen LogP) is 4.34. The lowest BCUT2D eigenvalue weighted by Crippen LogP contribution is -2.42. The summed E-state index contributed by atoms with van der Waals surface area (Å²) in [5.41, 5.74) is 3.51. The van der Waals surface area contributed by atoms with Gasteiger partial charge in [0.15, 0.2) is 0 Å². The molecule has 0 atom stereocenters. The van der Waals surface area contributed by atoms with Crippen LogP contribution in [0.25, 0.3) is 0 Å². The van der Waals surface area contributed by atoms with E-state index < -0.39 is 0 Å². The van der Waals surface area contributed by atoms with Crippen LogP contribution < -0.4 is 5.32 Å². The van der Waals surface area contributed by atoms with Crippen LogP contribution >= 0.6 is 11.3 Å². The molecule has 0 unspecified atom stereocenters. The number of nitrogens with zero attached hydrogens (tertiary/aromatic N) is 1. The number of para-hydroxylation sites is 1. The number of hydrogen-bond acceptors (Lipinski definition) is 3. The first-order valence-corrected chi connectivity index (χ1v) is 9.89. The van der Waals surface area contributed by atoms with Gasteiger partial charge in [-0.2, -0.15) is 0 Å². The van der Waals surface area contributed by atoms with Gasteiger partial charge < -0.3 is 10.2 Å². The first kappa shape index (κ1) is 15.7. The normalized spacial score (nSPS) is 18.2. The number of thiophene rings is 1. The van der Waals surface area contributed by atoms with Crippen molar-refractivity contribution in [3.63, 3.8) is 0 Å². The van der Waals surface area contributed by atoms with Crippen LogP contribution in [0, 0.1) is 0 Å². The van der Waals surface area contributed by atoms with E-state index in [0.717, 1.165) is 44.3 Å². The van der Waals surface area contributed by atoms with Crippen LogP contribution in [-0.4, -0.2) is 29.9 Å². The number of carbonyl (C=O) groups is 1. The van der Waals surface area contributed by atoms with Crippen molar-refractivity contribution >= 4 is 22.9 Å². The van der Waals surface area contributed by atoms with Crippen LogP contribution in [0.1, 0.15) is 46.5 Å². The van der Waals surface area contributed by atoms with Gasteiger partial charge in [0.25, 0.3) is 5.91 Å². The number of likely N-dealkylation sites (tertiary alicyclic amines) is 1. The van der Waals surface area contributed by atoms with Gasteiger partial charge in [-0.05, 0) is 56.2 Å². The van der Waals surface area contributed by atoms with Crippen molar-refractivity contribution < 1.29 is 4.79 Å². The molecular formula is C20H24N2OS. The zero-order valence-corrected chi connectivity index (χ0v) is 14.8. The largest absolute Gasteiger partial charge is 0.382 e. The Balaban J connectivity index is 1.37. The molecule has 0 saturated carbocycles. The number of hydrogen-bond donors (Lipinski definition) is 1. The number of aryl methyl sites for hydroxylation is 1. The molecule has 24 heavy (non-hydrogen) atoms. The lowest BCUT2D eigenvalue weighted by molar-refractivity contribution is 0.0717. The number of rotatable bonds is 3. The third kappa shape index (κ3) is 3.20. The van der Waals surface area contributed by atoms with Crippen LogP contribution in [0.2, 0.25) is 0 Å². The number of anilines is 1. The number of amides is 1. The zero-order valence-electron chi connectivity index (χ0n) is 14.0. The van der Waals surface area contributed by atoms with E-state index in [2.05, 4.69) is 39.9 Å². The molecule has 2 aromatic rings. The fraction of sp³-hybridized carbons (Fsp3) is 0.450. The van der Waals surface area contributed by atoms with E-state index in [1.807, 2.05) is 6.07 Å². The molecule has 0 spiro atoms. The van der Waals surface area contributed by atoms with Crippen molar-refractivity contribution in [1.29, 1.82) is 0 Å². The maximum absolute atomic E-state index is 12.9. The monoisotopic (exact) mass is 340 g/mol. The molecule has 0 bridgehead atoms. The molecule has 1 amide bonds. The molecular weight excluding hydrogens is 316 g/mol. The number of piperidine rings is 1. The van der Waals surface area contributed by atoms with E-state index in [0.29, 0.717) is 6.04 Å². The van der Waals surface area contributed by atoms with Crippen LogP contribution in [0.5, 0.6) is 0 Å². The summed E-state index contributed by atoms with van der Waals surface area (Å²) in [4.78, 5) is 16.4. The molecule has 1 fully saturated rings. The molecule has 0 radical (unpaired) electrons. The van der Waals surface area contributed by atoms with Gasteiger partial charge in [0.1, 0.15) is 0 Å². The summed E-state index contributed by atoms with van der Waals surface area (Å²) in [6.45, 7) is 1.71. The predicted molar refractivity (Wildman–Crippen MR) is 100.0 cm³/mol. The van der Waals surface area contributed by atoms with Crippen molar-refractivity contribution in [3.05, 3.63) is 51.7 Å². The van der Waals surface area contributed by atoms with Crippen LogP contribution in [-0.2, 0) is 12.8 Å². The van der Waals surface area contributed by atoms with E-state index in [-0.39, 0.29) is 5.91 Å². The molecule has 126 valence electrons. The molecule has 4 heteroatoms. The third-order valence-electron chi connectivity index (χ3n) is 5.22. The summed E-state index contributed by atoms with van der Waals surface area (Å²) >= 11 is 1.79. The Hall–Kier alpha value is -1.81. The van der Waals surface area contributed by atoms with Crippen molar-refractivity contribution in [3.8, 4) is 0 Å². The first-order valence-electron chi connectivity index (χ1n) is 9.01. The molecule has 2 heterocycles. The minimum Gasteiger partial charge on any atom is -0.382 e. The lowest BCUT2D eigenvalue weighted by Gasteiger charge is -2.33. The van der Waals surface area contributed by atoms with Crippen molar-refractivity contribution in [2.75, 3.05) is 18.4 Å². The summed E-state index contributed by atoms with van der Waals surface area (Å²) in [7, 11) is 0. The summed E-state index contributed by atoms with van der Waals surface area (Å²) in [5.74, 6) is 0.257. The van der Waals surface area contributed by atoms with E-state index in [1.165, 1.54) is 29.0 Å². The smallest absolute Gasteiger partial charge is 0.254 e. The van der Waals surface area contributed by atoms with Gasteiger partial charge in [-0.3, -0.25) is 4.79 Å². The van der Waals surface area contributed by atoms with Crippen molar-refractivity contribution in [2.45, 2.75) is 44.6 Å². The van der Waals surface area contributed by atoms with Crippen LogP contribution in [0.3, 0.4) is 0 Å². The van der Waals surface area contributed by atoms with Gasteiger partial charge in [0.05, 0.1) is 5.56 Å². The Morgan fingerprint density at radius 1 is 1.08 bits per heavy atom. The Morgan fingerprint density at radius 2 is 1.83 bits per heavy atom. The fourth-order valence-electron chi connectivity index (χ4n) is 3.84. The van der Waals surface area contributed by atoms with Crippen LogP contribution in [0.15, 0.2) is 35.7 Å².